The molecule has 1 aromatic carbocycles. The van der Waals surface area contributed by atoms with Gasteiger partial charge in [-0.1, -0.05) is 30.3 Å². The molecular weight excluding hydrogens is 254 g/mol. The first-order chi connectivity index (χ1) is 9.78. The van der Waals surface area contributed by atoms with Gasteiger partial charge in [0.05, 0.1) is 12.6 Å². The summed E-state index contributed by atoms with van der Waals surface area (Å²) in [6.45, 7) is 1.63. The van der Waals surface area contributed by atoms with Crippen LogP contribution in [0.3, 0.4) is 0 Å². The Hall–Kier alpha value is -1.62. The second kappa shape index (κ2) is 7.85. The first-order valence-electron chi connectivity index (χ1n) is 6.77. The molecule has 0 spiro atoms. The molecule has 0 saturated carbocycles. The van der Waals surface area contributed by atoms with Crippen LogP contribution in [0.5, 0.6) is 0 Å². The maximum atomic E-state index is 9.96. The molecule has 1 atom stereocenters. The average Bonchev–Trinajstić information content (AvgIpc) is 2.88. The summed E-state index contributed by atoms with van der Waals surface area (Å²) in [5.74, 6) is 1.66. The van der Waals surface area contributed by atoms with Crippen LogP contribution in [-0.2, 0) is 24.3 Å². The average molecular weight is 275 g/mol. The molecule has 2 aromatic rings. The Balaban J connectivity index is 1.69. The number of hydrogen-bond donors (Lipinski definition) is 2. The van der Waals surface area contributed by atoms with Crippen LogP contribution in [0.1, 0.15) is 17.1 Å². The maximum absolute atomic E-state index is 9.96. The number of aliphatic hydroxyl groups excluding tert-OH is 1. The van der Waals surface area contributed by atoms with E-state index in [0.717, 1.165) is 17.1 Å². The topological polar surface area (TPSA) is 54.6 Å². The number of nitrogens with one attached hydrogen (secondary N) is 1. The highest BCUT2D eigenvalue weighted by atomic mass is 16.5. The molecule has 1 heterocycles. The van der Waals surface area contributed by atoms with Crippen molar-refractivity contribution in [2.75, 3.05) is 13.7 Å². The molecule has 108 valence electrons. The van der Waals surface area contributed by atoms with E-state index in [4.69, 9.17) is 9.15 Å². The van der Waals surface area contributed by atoms with E-state index in [9.17, 15) is 5.11 Å². The van der Waals surface area contributed by atoms with Gasteiger partial charge in [-0.3, -0.25) is 0 Å². The monoisotopic (exact) mass is 275 g/mol. The van der Waals surface area contributed by atoms with Crippen LogP contribution in [0, 0.1) is 0 Å². The SMILES string of the molecule is COCc1ccc(CNCC(O)Cc2ccccc2)o1. The van der Waals surface area contributed by atoms with Gasteiger partial charge in [-0.15, -0.1) is 0 Å². The first-order valence-corrected chi connectivity index (χ1v) is 6.77. The van der Waals surface area contributed by atoms with Crippen LogP contribution >= 0.6 is 0 Å². The zero-order valence-electron chi connectivity index (χ0n) is 11.7. The lowest BCUT2D eigenvalue weighted by Crippen LogP contribution is -2.27. The van der Waals surface area contributed by atoms with E-state index in [0.29, 0.717) is 26.1 Å². The fourth-order valence-corrected chi connectivity index (χ4v) is 2.06. The number of furan rings is 1. The lowest BCUT2D eigenvalue weighted by atomic mass is 10.1. The predicted molar refractivity (Wildman–Crippen MR) is 77.3 cm³/mol. The van der Waals surface area contributed by atoms with Gasteiger partial charge in [0, 0.05) is 13.7 Å². The standard InChI is InChI=1S/C16H21NO3/c1-19-12-16-8-7-15(20-16)11-17-10-14(18)9-13-5-3-2-4-6-13/h2-8,14,17-18H,9-12H2,1H3. The highest BCUT2D eigenvalue weighted by Gasteiger charge is 2.06. The second-order valence-electron chi connectivity index (χ2n) is 4.78. The Labute approximate surface area is 119 Å². The zero-order valence-corrected chi connectivity index (χ0v) is 11.7. The Bertz CT molecular complexity index is 495. The van der Waals surface area contributed by atoms with Gasteiger partial charge < -0.3 is 19.6 Å². The fourth-order valence-electron chi connectivity index (χ4n) is 2.06. The number of hydrogen-bond acceptors (Lipinski definition) is 4. The summed E-state index contributed by atoms with van der Waals surface area (Å²) in [6.07, 6.45) is 0.256. The quantitative estimate of drug-likeness (QED) is 0.775. The van der Waals surface area contributed by atoms with Crippen molar-refractivity contribution in [1.82, 2.24) is 5.32 Å². The highest BCUT2D eigenvalue weighted by molar-refractivity contribution is 5.15. The van der Waals surface area contributed by atoms with Crippen LogP contribution in [0.15, 0.2) is 46.9 Å². The van der Waals surface area contributed by atoms with E-state index >= 15 is 0 Å². The largest absolute Gasteiger partial charge is 0.462 e. The molecule has 2 N–H and O–H groups in total. The molecule has 2 rings (SSSR count). The maximum Gasteiger partial charge on any atom is 0.129 e. The van der Waals surface area contributed by atoms with Crippen molar-refractivity contribution in [3.63, 3.8) is 0 Å². The van der Waals surface area contributed by atoms with Crippen molar-refractivity contribution >= 4 is 0 Å². The molecule has 0 aliphatic carbocycles. The lowest BCUT2D eigenvalue weighted by Gasteiger charge is -2.11. The molecule has 1 unspecified atom stereocenters. The van der Waals surface area contributed by atoms with E-state index in [1.54, 1.807) is 7.11 Å². The number of methoxy groups -OCH3 is 1. The van der Waals surface area contributed by atoms with Crippen LogP contribution < -0.4 is 5.32 Å². The summed E-state index contributed by atoms with van der Waals surface area (Å²) in [6, 6.07) is 13.8. The molecule has 20 heavy (non-hydrogen) atoms. The fraction of sp³-hybridized carbons (Fsp3) is 0.375. The number of ether oxygens (including phenoxy) is 1. The zero-order chi connectivity index (χ0) is 14.2. The van der Waals surface area contributed by atoms with Gasteiger partial charge in [-0.25, -0.2) is 0 Å². The molecule has 0 aliphatic heterocycles. The minimum atomic E-state index is -0.397. The molecule has 0 amide bonds. The molecule has 0 saturated heterocycles. The number of benzene rings is 1. The second-order valence-corrected chi connectivity index (χ2v) is 4.78. The van der Waals surface area contributed by atoms with Crippen LogP contribution in [-0.4, -0.2) is 24.9 Å². The van der Waals surface area contributed by atoms with E-state index in [1.165, 1.54) is 0 Å². The normalized spacial score (nSPS) is 12.5. The van der Waals surface area contributed by atoms with E-state index in [1.807, 2.05) is 42.5 Å². The third kappa shape index (κ3) is 4.81. The molecule has 0 bridgehead atoms. The summed E-state index contributed by atoms with van der Waals surface area (Å²) in [4.78, 5) is 0. The van der Waals surface area contributed by atoms with Crippen molar-refractivity contribution in [1.29, 1.82) is 0 Å². The molecule has 1 aromatic heterocycles. The van der Waals surface area contributed by atoms with Gasteiger partial charge in [0.25, 0.3) is 0 Å². The smallest absolute Gasteiger partial charge is 0.129 e. The van der Waals surface area contributed by atoms with E-state index < -0.39 is 6.10 Å². The van der Waals surface area contributed by atoms with Crippen molar-refractivity contribution < 1.29 is 14.3 Å². The van der Waals surface area contributed by atoms with Crippen LogP contribution in [0.2, 0.25) is 0 Å². The summed E-state index contributed by atoms with van der Waals surface area (Å²) in [5, 5.41) is 13.1. The Morgan fingerprint density at radius 2 is 1.90 bits per heavy atom. The van der Waals surface area contributed by atoms with Gasteiger partial charge in [0.15, 0.2) is 0 Å². The van der Waals surface area contributed by atoms with Gasteiger partial charge in [0.1, 0.15) is 18.1 Å². The summed E-state index contributed by atoms with van der Waals surface area (Å²) >= 11 is 0. The molecule has 4 nitrogen and oxygen atoms in total. The van der Waals surface area contributed by atoms with Gasteiger partial charge in [-0.2, -0.15) is 0 Å². The molecule has 0 aliphatic rings. The predicted octanol–water partition coefficient (Wildman–Crippen LogP) is 2.12. The van der Waals surface area contributed by atoms with Crippen molar-refractivity contribution in [2.24, 2.45) is 0 Å². The Morgan fingerprint density at radius 3 is 2.65 bits per heavy atom. The van der Waals surface area contributed by atoms with Gasteiger partial charge >= 0.3 is 0 Å². The molecule has 0 radical (unpaired) electrons. The third-order valence-corrected chi connectivity index (χ3v) is 3.00. The Morgan fingerprint density at radius 1 is 1.15 bits per heavy atom. The van der Waals surface area contributed by atoms with E-state index in [2.05, 4.69) is 5.32 Å². The van der Waals surface area contributed by atoms with Crippen molar-refractivity contribution in [3.8, 4) is 0 Å². The highest BCUT2D eigenvalue weighted by Crippen LogP contribution is 2.08. The van der Waals surface area contributed by atoms with Gasteiger partial charge in [0.2, 0.25) is 0 Å². The summed E-state index contributed by atoms with van der Waals surface area (Å²) in [7, 11) is 1.64. The van der Waals surface area contributed by atoms with Crippen LogP contribution in [0.25, 0.3) is 0 Å². The Kier molecular flexibility index (Phi) is 5.80. The molecular formula is C16H21NO3. The lowest BCUT2D eigenvalue weighted by molar-refractivity contribution is 0.160. The minimum absolute atomic E-state index is 0.397. The summed E-state index contributed by atoms with van der Waals surface area (Å²) < 4.78 is 10.6. The van der Waals surface area contributed by atoms with Crippen molar-refractivity contribution in [3.05, 3.63) is 59.5 Å². The van der Waals surface area contributed by atoms with Gasteiger partial charge in [-0.05, 0) is 24.1 Å². The van der Waals surface area contributed by atoms with Crippen molar-refractivity contribution in [2.45, 2.75) is 25.7 Å². The number of aliphatic hydroxyl groups is 1. The first kappa shape index (κ1) is 14.8. The minimum Gasteiger partial charge on any atom is -0.462 e. The van der Waals surface area contributed by atoms with Crippen LogP contribution in [0.4, 0.5) is 0 Å². The molecule has 0 fully saturated rings. The van der Waals surface area contributed by atoms with E-state index in [-0.39, 0.29) is 0 Å². The molecule has 4 heteroatoms. The summed E-state index contributed by atoms with van der Waals surface area (Å²) in [5.41, 5.74) is 1.14. The third-order valence-electron chi connectivity index (χ3n) is 3.00. The number of rotatable bonds is 8.